The number of ether oxygens (including phenoxy) is 6. The van der Waals surface area contributed by atoms with Crippen molar-refractivity contribution in [2.24, 2.45) is 94.7 Å². The van der Waals surface area contributed by atoms with Crippen LogP contribution in [0.5, 0.6) is 0 Å². The van der Waals surface area contributed by atoms with Crippen LogP contribution in [0.4, 0.5) is 0 Å². The lowest BCUT2D eigenvalue weighted by Gasteiger charge is -2.21. The topological polar surface area (TPSA) is 55.4 Å². The molecule has 0 radical (unpaired) electrons. The highest BCUT2D eigenvalue weighted by Crippen LogP contribution is 2.31. The van der Waals surface area contributed by atoms with Crippen molar-refractivity contribution in [1.82, 2.24) is 0 Å². The van der Waals surface area contributed by atoms with E-state index in [1.54, 1.807) is 0 Å². The molecule has 1 aliphatic heterocycles. The standard InChI is InChI=1S/C100H184O6/c1-81-35-23-39-85(5)47-31-55-93(13)67-71-101-77-99(79-103-75-97-59-19-17-20-60-97)105-73-69-95(15)58-34-50-88(8)42-26-38-84(4)46-30-54-92(12)66-64-90(10)52-28-44-82(2)36-24-40-86(6)48-32-56-94(14)68-72-102-78-100(80-104-76-98-61-21-18-22-62-98)106-74-70-96(16)57-33-49-87(7)41-25-37-83(3)45-29-53-91(11)65-63-89(9)51-27-43-81/h17-22,59-62,81-96,99-100H,23-58,63-80H2,1-16H3/t81-,82-,83-,84-,85+,86+,87+,88+,89-,90-,91-,92-,93+,94+,95+,96+,99-,100-/m0/s1. The van der Waals surface area contributed by atoms with Gasteiger partial charge in [0.25, 0.3) is 0 Å². The Morgan fingerprint density at radius 1 is 0.217 bits per heavy atom. The van der Waals surface area contributed by atoms with Gasteiger partial charge in [-0.1, -0.05) is 428 Å². The first kappa shape index (κ1) is 98.4. The molecule has 18 atom stereocenters. The molecule has 0 spiro atoms. The number of benzene rings is 2. The van der Waals surface area contributed by atoms with Crippen LogP contribution in [0.3, 0.4) is 0 Å². The van der Waals surface area contributed by atoms with Gasteiger partial charge >= 0.3 is 0 Å². The molecule has 3 rings (SSSR count). The predicted octanol–water partition coefficient (Wildman–Crippen LogP) is 30.6. The maximum Gasteiger partial charge on any atom is 0.104 e. The minimum absolute atomic E-state index is 0.0246. The maximum atomic E-state index is 6.55. The van der Waals surface area contributed by atoms with E-state index in [-0.39, 0.29) is 12.2 Å². The van der Waals surface area contributed by atoms with Crippen molar-refractivity contribution in [2.75, 3.05) is 52.9 Å². The van der Waals surface area contributed by atoms with E-state index < -0.39 is 0 Å². The summed E-state index contributed by atoms with van der Waals surface area (Å²) < 4.78 is 38.3. The summed E-state index contributed by atoms with van der Waals surface area (Å²) >= 11 is 0. The number of hydrogen-bond donors (Lipinski definition) is 0. The highest BCUT2D eigenvalue weighted by Gasteiger charge is 2.19. The molecule has 106 heavy (non-hydrogen) atoms. The van der Waals surface area contributed by atoms with Gasteiger partial charge in [0.15, 0.2) is 0 Å². The van der Waals surface area contributed by atoms with Gasteiger partial charge in [0.2, 0.25) is 0 Å². The van der Waals surface area contributed by atoms with Crippen molar-refractivity contribution in [3.63, 3.8) is 0 Å². The molecule has 6 heteroatoms. The van der Waals surface area contributed by atoms with Gasteiger partial charge in [-0.2, -0.15) is 0 Å². The van der Waals surface area contributed by atoms with Crippen molar-refractivity contribution in [3.05, 3.63) is 71.8 Å². The van der Waals surface area contributed by atoms with E-state index in [0.29, 0.717) is 63.3 Å². The Hall–Kier alpha value is -1.80. The Balaban J connectivity index is 1.42. The first-order valence-corrected chi connectivity index (χ1v) is 46.8. The van der Waals surface area contributed by atoms with Crippen molar-refractivity contribution in [3.8, 4) is 0 Å². The van der Waals surface area contributed by atoms with Crippen LogP contribution in [0.1, 0.15) is 404 Å². The van der Waals surface area contributed by atoms with Gasteiger partial charge in [-0.3, -0.25) is 0 Å². The maximum absolute atomic E-state index is 6.55. The second-order valence-corrected chi connectivity index (χ2v) is 38.3. The van der Waals surface area contributed by atoms with E-state index in [4.69, 9.17) is 28.4 Å². The van der Waals surface area contributed by atoms with Crippen LogP contribution >= 0.6 is 0 Å². The van der Waals surface area contributed by atoms with Gasteiger partial charge < -0.3 is 28.4 Å². The van der Waals surface area contributed by atoms with E-state index in [1.807, 2.05) is 0 Å². The Morgan fingerprint density at radius 2 is 0.387 bits per heavy atom. The van der Waals surface area contributed by atoms with Crippen LogP contribution in [0.25, 0.3) is 0 Å². The lowest BCUT2D eigenvalue weighted by molar-refractivity contribution is -0.0670. The lowest BCUT2D eigenvalue weighted by Crippen LogP contribution is -2.27. The van der Waals surface area contributed by atoms with Crippen molar-refractivity contribution in [2.45, 2.75) is 419 Å². The Kier molecular flexibility index (Phi) is 60.9. The highest BCUT2D eigenvalue weighted by atomic mass is 16.6. The van der Waals surface area contributed by atoms with Gasteiger partial charge in [-0.25, -0.2) is 0 Å². The molecule has 0 N–H and O–H groups in total. The first-order valence-electron chi connectivity index (χ1n) is 46.8. The minimum atomic E-state index is -0.0246. The molecule has 2 aromatic rings. The molecule has 1 aliphatic rings. The molecule has 2 aromatic carbocycles. The Labute approximate surface area is 662 Å². The summed E-state index contributed by atoms with van der Waals surface area (Å²) in [5, 5.41) is 0. The van der Waals surface area contributed by atoms with Crippen LogP contribution < -0.4 is 0 Å². The van der Waals surface area contributed by atoms with E-state index >= 15 is 0 Å². The largest absolute Gasteiger partial charge is 0.379 e. The summed E-state index contributed by atoms with van der Waals surface area (Å²) in [6.45, 7) is 46.8. The normalized spacial score (nSPS) is 32.8. The molecule has 0 bridgehead atoms. The summed E-state index contributed by atoms with van der Waals surface area (Å²) in [5.74, 6) is 12.9. The fourth-order valence-corrected chi connectivity index (χ4v) is 17.1. The SMILES string of the molecule is C[C@@H]1CCC[C@H](C)CCC[C@H](C)CC[C@@H](C)CCC[C@@H](C)CCC[C@@H](C)CCC[C@@H](C)CCO[C@H](COCc2ccccc2)COCC[C@H](C)CCC[C@H](C)CCC[C@H](C)CCC[C@H](C)CC[C@@H](C)CCC[C@@H](C)CCC[C@@H](C)CCC[C@@H](C)CCO[C@H](COCc2ccccc2)COCC[C@H](C)CCC1. The van der Waals surface area contributed by atoms with E-state index in [0.717, 1.165) is 123 Å². The smallest absolute Gasteiger partial charge is 0.104 e. The van der Waals surface area contributed by atoms with Crippen LogP contribution in [-0.2, 0) is 41.6 Å². The molecule has 0 amide bonds. The average Bonchev–Trinajstić information content (AvgIpc) is 1.11. The summed E-state index contributed by atoms with van der Waals surface area (Å²) in [5.41, 5.74) is 2.42. The monoisotopic (exact) mass is 1480 g/mol. The van der Waals surface area contributed by atoms with Gasteiger partial charge in [0.05, 0.1) is 39.6 Å². The van der Waals surface area contributed by atoms with Crippen molar-refractivity contribution in [1.29, 1.82) is 0 Å². The third-order valence-electron chi connectivity index (χ3n) is 25.9. The van der Waals surface area contributed by atoms with Gasteiger partial charge in [0.1, 0.15) is 12.2 Å². The van der Waals surface area contributed by atoms with Crippen molar-refractivity contribution < 1.29 is 28.4 Å². The average molecular weight is 1480 g/mol. The quantitative estimate of drug-likeness (QED) is 0.263. The van der Waals surface area contributed by atoms with Gasteiger partial charge in [-0.05, 0) is 131 Å². The van der Waals surface area contributed by atoms with Crippen LogP contribution in [0, 0.1) is 94.7 Å². The Morgan fingerprint density at radius 3 is 0.585 bits per heavy atom. The highest BCUT2D eigenvalue weighted by molar-refractivity contribution is 5.14. The number of rotatable bonds is 8. The summed E-state index contributed by atoms with van der Waals surface area (Å²) in [4.78, 5) is 0. The predicted molar refractivity (Wildman–Crippen MR) is 463 cm³/mol. The molecule has 0 saturated carbocycles. The summed E-state index contributed by atoms with van der Waals surface area (Å²) in [7, 11) is 0. The zero-order chi connectivity index (χ0) is 77.0. The fourth-order valence-electron chi connectivity index (χ4n) is 17.1. The summed E-state index contributed by atoms with van der Waals surface area (Å²) in [6, 6.07) is 21.1. The molecular formula is C100H184O6. The second kappa shape index (κ2) is 65.6. The molecule has 620 valence electrons. The molecule has 1 saturated heterocycles. The third-order valence-corrected chi connectivity index (χ3v) is 25.9. The second-order valence-electron chi connectivity index (χ2n) is 38.3. The minimum Gasteiger partial charge on any atom is -0.379 e. The molecule has 0 aromatic heterocycles. The number of hydrogen-bond acceptors (Lipinski definition) is 6. The van der Waals surface area contributed by atoms with Gasteiger partial charge in [-0.15, -0.1) is 0 Å². The van der Waals surface area contributed by atoms with Crippen LogP contribution in [-0.4, -0.2) is 65.1 Å². The molecule has 6 nitrogen and oxygen atoms in total. The van der Waals surface area contributed by atoms with E-state index in [1.165, 1.54) is 268 Å². The zero-order valence-electron chi connectivity index (χ0n) is 73.8. The van der Waals surface area contributed by atoms with Crippen molar-refractivity contribution >= 4 is 0 Å². The fraction of sp³-hybridized carbons (Fsp3) is 0.880. The third kappa shape index (κ3) is 58.1. The molecule has 1 heterocycles. The van der Waals surface area contributed by atoms with Crippen LogP contribution in [0.15, 0.2) is 60.7 Å². The van der Waals surface area contributed by atoms with E-state index in [2.05, 4.69) is 171 Å². The Bertz CT molecular complexity index is 2020. The lowest BCUT2D eigenvalue weighted by atomic mass is 9.88. The van der Waals surface area contributed by atoms with E-state index in [9.17, 15) is 0 Å². The molecule has 0 unspecified atom stereocenters. The molecule has 1 fully saturated rings. The molecule has 0 aliphatic carbocycles. The van der Waals surface area contributed by atoms with Gasteiger partial charge in [0, 0.05) is 26.4 Å². The summed E-state index contributed by atoms with van der Waals surface area (Å²) in [6.07, 6.45) is 59.8. The zero-order valence-corrected chi connectivity index (χ0v) is 73.8. The van der Waals surface area contributed by atoms with Crippen LogP contribution in [0.2, 0.25) is 0 Å². The molecular weight excluding hydrogens is 1300 g/mol. The first-order chi connectivity index (χ1) is 51.2.